The third-order valence-electron chi connectivity index (χ3n) is 3.27. The molecule has 23 heavy (non-hydrogen) atoms. The SMILES string of the molecule is Cc1ncc([N+](=O)[O-])n1Cc1nc2cc(C(F)(F)F)ccc2o1. The van der Waals surface area contributed by atoms with Crippen LogP contribution in [0.25, 0.3) is 11.1 Å². The second-order valence-corrected chi connectivity index (χ2v) is 4.79. The smallest absolute Gasteiger partial charge is 0.416 e. The van der Waals surface area contributed by atoms with Crippen LogP contribution < -0.4 is 0 Å². The average Bonchev–Trinajstić information content (AvgIpc) is 3.01. The maximum atomic E-state index is 12.7. The summed E-state index contributed by atoms with van der Waals surface area (Å²) in [5.74, 6) is 0.180. The van der Waals surface area contributed by atoms with E-state index in [-0.39, 0.29) is 29.4 Å². The number of fused-ring (bicyclic) bond motifs is 1. The molecule has 0 spiro atoms. The minimum absolute atomic E-state index is 0.0373. The number of rotatable bonds is 3. The van der Waals surface area contributed by atoms with Crippen LogP contribution in [0.2, 0.25) is 0 Å². The number of nitrogens with zero attached hydrogens (tertiary/aromatic N) is 4. The second-order valence-electron chi connectivity index (χ2n) is 4.79. The van der Waals surface area contributed by atoms with Gasteiger partial charge in [-0.25, -0.2) is 14.5 Å². The molecule has 0 fully saturated rings. The molecule has 2 aromatic heterocycles. The maximum Gasteiger partial charge on any atom is 0.416 e. The van der Waals surface area contributed by atoms with Crippen LogP contribution >= 0.6 is 0 Å². The van der Waals surface area contributed by atoms with Gasteiger partial charge in [-0.1, -0.05) is 0 Å². The molecule has 0 atom stereocenters. The molecule has 0 saturated heterocycles. The number of benzene rings is 1. The van der Waals surface area contributed by atoms with Crippen LogP contribution in [0.5, 0.6) is 0 Å². The number of imidazole rings is 1. The second kappa shape index (κ2) is 5.07. The van der Waals surface area contributed by atoms with Crippen molar-refractivity contribution in [3.8, 4) is 0 Å². The number of oxazole rings is 1. The first kappa shape index (κ1) is 15.0. The Morgan fingerprint density at radius 3 is 2.78 bits per heavy atom. The molecule has 0 saturated carbocycles. The van der Waals surface area contributed by atoms with Crippen molar-refractivity contribution < 1.29 is 22.5 Å². The predicted molar refractivity (Wildman–Crippen MR) is 71.7 cm³/mol. The van der Waals surface area contributed by atoms with Gasteiger partial charge < -0.3 is 14.5 Å². The first-order chi connectivity index (χ1) is 10.8. The quantitative estimate of drug-likeness (QED) is 0.544. The lowest BCUT2D eigenvalue weighted by Crippen LogP contribution is -2.06. The van der Waals surface area contributed by atoms with Crippen LogP contribution in [0, 0.1) is 17.0 Å². The van der Waals surface area contributed by atoms with Gasteiger partial charge in [0, 0.05) is 6.92 Å². The van der Waals surface area contributed by atoms with Gasteiger partial charge in [-0.3, -0.25) is 0 Å². The highest BCUT2D eigenvalue weighted by Crippen LogP contribution is 2.31. The predicted octanol–water partition coefficient (Wildman–Crippen LogP) is 3.31. The van der Waals surface area contributed by atoms with Gasteiger partial charge in [-0.05, 0) is 23.1 Å². The lowest BCUT2D eigenvalue weighted by atomic mass is 10.2. The fourth-order valence-electron chi connectivity index (χ4n) is 2.15. The van der Waals surface area contributed by atoms with Crippen LogP contribution in [0.1, 0.15) is 17.3 Å². The Morgan fingerprint density at radius 2 is 2.13 bits per heavy atom. The van der Waals surface area contributed by atoms with E-state index in [2.05, 4.69) is 9.97 Å². The molecule has 1 aromatic carbocycles. The summed E-state index contributed by atoms with van der Waals surface area (Å²) < 4.78 is 44.6. The van der Waals surface area contributed by atoms with Gasteiger partial charge in [0.05, 0.1) is 5.56 Å². The fourth-order valence-corrected chi connectivity index (χ4v) is 2.15. The van der Waals surface area contributed by atoms with Crippen LogP contribution in [-0.2, 0) is 12.7 Å². The van der Waals surface area contributed by atoms with Crippen molar-refractivity contribution in [3.05, 3.63) is 51.8 Å². The van der Waals surface area contributed by atoms with Gasteiger partial charge in [0.25, 0.3) is 0 Å². The molecule has 120 valence electrons. The minimum Gasteiger partial charge on any atom is -0.437 e. The summed E-state index contributed by atoms with van der Waals surface area (Å²) in [5, 5.41) is 10.9. The fraction of sp³-hybridized carbons (Fsp3) is 0.231. The summed E-state index contributed by atoms with van der Waals surface area (Å²) in [6.45, 7) is 1.47. The zero-order chi connectivity index (χ0) is 16.8. The summed E-state index contributed by atoms with van der Waals surface area (Å²) in [5.41, 5.74) is -0.627. The van der Waals surface area contributed by atoms with Crippen molar-refractivity contribution in [2.45, 2.75) is 19.6 Å². The van der Waals surface area contributed by atoms with Crippen LogP contribution in [0.3, 0.4) is 0 Å². The van der Waals surface area contributed by atoms with E-state index in [1.807, 2.05) is 0 Å². The standard InChI is InChI=1S/C13H9F3N4O3/c1-7-17-5-12(20(21)22)19(7)6-11-18-9-4-8(13(14,15)16)2-3-10(9)23-11/h2-5H,6H2,1H3. The van der Waals surface area contributed by atoms with Crippen molar-refractivity contribution in [2.75, 3.05) is 0 Å². The molecule has 0 unspecified atom stereocenters. The molecule has 0 bridgehead atoms. The van der Waals surface area contributed by atoms with E-state index in [9.17, 15) is 23.3 Å². The minimum atomic E-state index is -4.48. The molecule has 7 nitrogen and oxygen atoms in total. The highest BCUT2D eigenvalue weighted by molar-refractivity contribution is 5.73. The third-order valence-corrected chi connectivity index (χ3v) is 3.27. The molecule has 0 radical (unpaired) electrons. The summed E-state index contributed by atoms with van der Waals surface area (Å²) in [4.78, 5) is 18.1. The van der Waals surface area contributed by atoms with Gasteiger partial charge in [-0.2, -0.15) is 13.2 Å². The molecule has 0 aliphatic heterocycles. The molecule has 0 aliphatic carbocycles. The first-order valence-corrected chi connectivity index (χ1v) is 6.39. The molecule has 3 aromatic rings. The maximum absolute atomic E-state index is 12.7. The molecule has 0 aliphatic rings. The van der Waals surface area contributed by atoms with E-state index in [0.717, 1.165) is 18.3 Å². The van der Waals surface area contributed by atoms with E-state index in [4.69, 9.17) is 4.42 Å². The van der Waals surface area contributed by atoms with Gasteiger partial charge in [-0.15, -0.1) is 0 Å². The monoisotopic (exact) mass is 326 g/mol. The Labute approximate surface area is 126 Å². The largest absolute Gasteiger partial charge is 0.437 e. The van der Waals surface area contributed by atoms with E-state index in [0.29, 0.717) is 5.82 Å². The van der Waals surface area contributed by atoms with Gasteiger partial charge in [0.15, 0.2) is 18.0 Å². The number of halogens is 3. The Bertz CT molecular complexity index is 898. The number of alkyl halides is 3. The van der Waals surface area contributed by atoms with Crippen molar-refractivity contribution >= 4 is 16.9 Å². The van der Waals surface area contributed by atoms with Crippen LogP contribution in [0.15, 0.2) is 28.8 Å². The number of aromatic nitrogens is 3. The van der Waals surface area contributed by atoms with Crippen molar-refractivity contribution in [2.24, 2.45) is 0 Å². The van der Waals surface area contributed by atoms with Crippen molar-refractivity contribution in [1.82, 2.24) is 14.5 Å². The number of hydrogen-bond donors (Lipinski definition) is 0. The number of nitro groups is 1. The Hall–Kier alpha value is -2.91. The summed E-state index contributed by atoms with van der Waals surface area (Å²) in [6, 6.07) is 2.93. The number of hydrogen-bond acceptors (Lipinski definition) is 5. The van der Waals surface area contributed by atoms with E-state index < -0.39 is 16.7 Å². The molecule has 10 heteroatoms. The normalized spacial score (nSPS) is 12.0. The van der Waals surface area contributed by atoms with Gasteiger partial charge >= 0.3 is 12.0 Å². The van der Waals surface area contributed by atoms with E-state index >= 15 is 0 Å². The molecule has 3 rings (SSSR count). The molecular weight excluding hydrogens is 317 g/mol. The van der Waals surface area contributed by atoms with Gasteiger partial charge in [0.2, 0.25) is 5.89 Å². The zero-order valence-corrected chi connectivity index (χ0v) is 11.7. The van der Waals surface area contributed by atoms with Crippen molar-refractivity contribution in [1.29, 1.82) is 0 Å². The molecule has 2 heterocycles. The Morgan fingerprint density at radius 1 is 1.39 bits per heavy atom. The summed E-state index contributed by atoms with van der Waals surface area (Å²) in [6.07, 6.45) is -3.38. The average molecular weight is 326 g/mol. The Kier molecular flexibility index (Phi) is 3.31. The zero-order valence-electron chi connectivity index (χ0n) is 11.7. The molecule has 0 amide bonds. The highest BCUT2D eigenvalue weighted by Gasteiger charge is 2.31. The lowest BCUT2D eigenvalue weighted by molar-refractivity contribution is -0.392. The van der Waals surface area contributed by atoms with Crippen LogP contribution in [-0.4, -0.2) is 19.5 Å². The first-order valence-electron chi connectivity index (χ1n) is 6.39. The summed E-state index contributed by atoms with van der Waals surface area (Å²) in [7, 11) is 0. The topological polar surface area (TPSA) is 87.0 Å². The van der Waals surface area contributed by atoms with Gasteiger partial charge in [0.1, 0.15) is 11.7 Å². The van der Waals surface area contributed by atoms with E-state index in [1.165, 1.54) is 10.6 Å². The van der Waals surface area contributed by atoms with Crippen molar-refractivity contribution in [3.63, 3.8) is 0 Å². The van der Waals surface area contributed by atoms with E-state index in [1.54, 1.807) is 6.92 Å². The molecule has 0 N–H and O–H groups in total. The summed E-state index contributed by atoms with van der Waals surface area (Å²) >= 11 is 0. The third kappa shape index (κ3) is 2.74. The highest BCUT2D eigenvalue weighted by atomic mass is 19.4. The number of aryl methyl sites for hydroxylation is 1. The Balaban J connectivity index is 1.99. The lowest BCUT2D eigenvalue weighted by Gasteiger charge is -2.04. The van der Waals surface area contributed by atoms with Crippen LogP contribution in [0.4, 0.5) is 19.0 Å². The molecular formula is C13H9F3N4O3.